The monoisotopic (exact) mass is 249 g/mol. The van der Waals surface area contributed by atoms with E-state index in [9.17, 15) is 0 Å². The van der Waals surface area contributed by atoms with Gasteiger partial charge in [0, 0.05) is 18.1 Å². The molecule has 0 saturated carbocycles. The minimum atomic E-state index is 0.00282. The van der Waals surface area contributed by atoms with E-state index in [-0.39, 0.29) is 13.2 Å². The van der Waals surface area contributed by atoms with Crippen molar-refractivity contribution in [3.8, 4) is 0 Å². The molecule has 1 aromatic carbocycles. The maximum atomic E-state index is 8.89. The topological polar surface area (TPSA) is 43.7 Å². The fourth-order valence-corrected chi connectivity index (χ4v) is 1.73. The average molecular weight is 250 g/mol. The number of rotatable bonds is 5. The van der Waals surface area contributed by atoms with Crippen LogP contribution in [0.5, 0.6) is 0 Å². The Balaban J connectivity index is 2.93. The molecule has 0 spiro atoms. The van der Waals surface area contributed by atoms with E-state index in [0.29, 0.717) is 23.1 Å². The van der Waals surface area contributed by atoms with E-state index in [1.807, 2.05) is 0 Å². The Morgan fingerprint density at radius 3 is 2.20 bits per heavy atom. The van der Waals surface area contributed by atoms with Crippen molar-refractivity contribution in [2.24, 2.45) is 0 Å². The SMILES string of the molecule is OCCN(CCO)c1cc(Cl)ccc1Cl. The molecular weight excluding hydrogens is 237 g/mol. The first-order chi connectivity index (χ1) is 7.19. The van der Waals surface area contributed by atoms with Gasteiger partial charge in [0.15, 0.2) is 0 Å². The van der Waals surface area contributed by atoms with Crippen molar-refractivity contribution in [2.75, 3.05) is 31.2 Å². The van der Waals surface area contributed by atoms with Gasteiger partial charge in [-0.2, -0.15) is 0 Å². The molecule has 15 heavy (non-hydrogen) atoms. The van der Waals surface area contributed by atoms with Gasteiger partial charge < -0.3 is 15.1 Å². The lowest BCUT2D eigenvalue weighted by Crippen LogP contribution is -2.29. The van der Waals surface area contributed by atoms with Crippen LogP contribution in [0.2, 0.25) is 10.0 Å². The molecule has 0 radical (unpaired) electrons. The number of benzene rings is 1. The summed E-state index contributed by atoms with van der Waals surface area (Å²) in [5, 5.41) is 18.9. The first-order valence-electron chi connectivity index (χ1n) is 4.60. The van der Waals surface area contributed by atoms with Crippen LogP contribution in [-0.2, 0) is 0 Å². The van der Waals surface area contributed by atoms with Gasteiger partial charge in [-0.1, -0.05) is 23.2 Å². The van der Waals surface area contributed by atoms with Gasteiger partial charge in [-0.05, 0) is 18.2 Å². The van der Waals surface area contributed by atoms with Crippen molar-refractivity contribution in [3.05, 3.63) is 28.2 Å². The Labute approximate surface area is 98.8 Å². The van der Waals surface area contributed by atoms with Crippen molar-refractivity contribution in [3.63, 3.8) is 0 Å². The molecule has 0 amide bonds. The molecule has 0 aliphatic carbocycles. The highest BCUT2D eigenvalue weighted by atomic mass is 35.5. The third kappa shape index (κ3) is 3.54. The van der Waals surface area contributed by atoms with Crippen LogP contribution in [0.15, 0.2) is 18.2 Å². The molecule has 0 bridgehead atoms. The van der Waals surface area contributed by atoms with Gasteiger partial charge in [-0.25, -0.2) is 0 Å². The number of anilines is 1. The molecule has 84 valence electrons. The molecular formula is C10H13Cl2NO2. The van der Waals surface area contributed by atoms with E-state index in [4.69, 9.17) is 33.4 Å². The number of hydrogen-bond donors (Lipinski definition) is 2. The highest BCUT2D eigenvalue weighted by Crippen LogP contribution is 2.28. The average Bonchev–Trinajstić information content (AvgIpc) is 2.21. The Morgan fingerprint density at radius 2 is 1.67 bits per heavy atom. The molecule has 3 nitrogen and oxygen atoms in total. The zero-order valence-corrected chi connectivity index (χ0v) is 9.67. The zero-order chi connectivity index (χ0) is 11.3. The summed E-state index contributed by atoms with van der Waals surface area (Å²) in [6, 6.07) is 5.11. The summed E-state index contributed by atoms with van der Waals surface area (Å²) in [4.78, 5) is 1.79. The minimum absolute atomic E-state index is 0.00282. The first-order valence-corrected chi connectivity index (χ1v) is 5.36. The predicted octanol–water partition coefficient (Wildman–Crippen LogP) is 1.78. The smallest absolute Gasteiger partial charge is 0.0640 e. The van der Waals surface area contributed by atoms with E-state index in [2.05, 4.69) is 0 Å². The summed E-state index contributed by atoms with van der Waals surface area (Å²) in [5.41, 5.74) is 0.729. The molecule has 0 atom stereocenters. The normalized spacial score (nSPS) is 10.4. The lowest BCUT2D eigenvalue weighted by Gasteiger charge is -2.24. The second-order valence-electron chi connectivity index (χ2n) is 3.03. The molecule has 0 saturated heterocycles. The number of halogens is 2. The fraction of sp³-hybridized carbons (Fsp3) is 0.400. The number of aliphatic hydroxyl groups is 2. The van der Waals surface area contributed by atoms with Crippen molar-refractivity contribution >= 4 is 28.9 Å². The maximum absolute atomic E-state index is 8.89. The second-order valence-corrected chi connectivity index (χ2v) is 3.87. The number of aliphatic hydroxyl groups excluding tert-OH is 2. The van der Waals surface area contributed by atoms with Crippen LogP contribution >= 0.6 is 23.2 Å². The highest BCUT2D eigenvalue weighted by Gasteiger charge is 2.09. The molecule has 1 rings (SSSR count). The summed E-state index contributed by atoms with van der Waals surface area (Å²) in [5.74, 6) is 0. The predicted molar refractivity (Wildman–Crippen MR) is 62.8 cm³/mol. The first kappa shape index (κ1) is 12.6. The van der Waals surface area contributed by atoms with Crippen LogP contribution in [0.3, 0.4) is 0 Å². The van der Waals surface area contributed by atoms with E-state index >= 15 is 0 Å². The van der Waals surface area contributed by atoms with Gasteiger partial charge in [0.1, 0.15) is 0 Å². The van der Waals surface area contributed by atoms with Crippen LogP contribution in [0.4, 0.5) is 5.69 Å². The lowest BCUT2D eigenvalue weighted by molar-refractivity contribution is 0.281. The Bertz CT molecular complexity index is 314. The summed E-state index contributed by atoms with van der Waals surface area (Å²) < 4.78 is 0. The Hall–Kier alpha value is -0.480. The highest BCUT2D eigenvalue weighted by molar-refractivity contribution is 6.35. The molecule has 0 aliphatic rings. The largest absolute Gasteiger partial charge is 0.395 e. The number of nitrogens with zero attached hydrogens (tertiary/aromatic N) is 1. The molecule has 0 fully saturated rings. The van der Waals surface area contributed by atoms with Crippen LogP contribution in [0.25, 0.3) is 0 Å². The van der Waals surface area contributed by atoms with Gasteiger partial charge in [-0.3, -0.25) is 0 Å². The summed E-state index contributed by atoms with van der Waals surface area (Å²) in [7, 11) is 0. The molecule has 1 aromatic rings. The van der Waals surface area contributed by atoms with Crippen LogP contribution in [0.1, 0.15) is 0 Å². The van der Waals surface area contributed by atoms with Gasteiger partial charge in [0.2, 0.25) is 0 Å². The standard InChI is InChI=1S/C10H13Cl2NO2/c11-8-1-2-9(12)10(7-8)13(3-5-14)4-6-15/h1-2,7,14-15H,3-6H2. The molecule has 0 unspecified atom stereocenters. The van der Waals surface area contributed by atoms with Gasteiger partial charge >= 0.3 is 0 Å². The van der Waals surface area contributed by atoms with Crippen LogP contribution in [0, 0.1) is 0 Å². The quantitative estimate of drug-likeness (QED) is 0.837. The van der Waals surface area contributed by atoms with E-state index in [0.717, 1.165) is 5.69 Å². The summed E-state index contributed by atoms with van der Waals surface area (Å²) in [6.45, 7) is 0.840. The van der Waals surface area contributed by atoms with E-state index < -0.39 is 0 Å². The molecule has 2 N–H and O–H groups in total. The third-order valence-electron chi connectivity index (χ3n) is 1.99. The van der Waals surface area contributed by atoms with Gasteiger partial charge in [0.25, 0.3) is 0 Å². The van der Waals surface area contributed by atoms with Gasteiger partial charge in [0.05, 0.1) is 23.9 Å². The van der Waals surface area contributed by atoms with Crippen molar-refractivity contribution < 1.29 is 10.2 Å². The minimum Gasteiger partial charge on any atom is -0.395 e. The van der Waals surface area contributed by atoms with Crippen LogP contribution in [-0.4, -0.2) is 36.5 Å². The molecule has 0 aliphatic heterocycles. The maximum Gasteiger partial charge on any atom is 0.0640 e. The molecule has 5 heteroatoms. The Morgan fingerprint density at radius 1 is 1.07 bits per heavy atom. The fourth-order valence-electron chi connectivity index (χ4n) is 1.32. The van der Waals surface area contributed by atoms with Crippen molar-refractivity contribution in [1.82, 2.24) is 0 Å². The second kappa shape index (κ2) is 6.18. The van der Waals surface area contributed by atoms with Crippen molar-refractivity contribution in [1.29, 1.82) is 0 Å². The van der Waals surface area contributed by atoms with E-state index in [1.54, 1.807) is 23.1 Å². The molecule has 0 heterocycles. The number of hydrogen-bond acceptors (Lipinski definition) is 3. The zero-order valence-electron chi connectivity index (χ0n) is 8.16. The summed E-state index contributed by atoms with van der Waals surface area (Å²) in [6.07, 6.45) is 0. The van der Waals surface area contributed by atoms with Crippen molar-refractivity contribution in [2.45, 2.75) is 0 Å². The van der Waals surface area contributed by atoms with Gasteiger partial charge in [-0.15, -0.1) is 0 Å². The van der Waals surface area contributed by atoms with Crippen LogP contribution < -0.4 is 4.90 Å². The Kier molecular flexibility index (Phi) is 5.19. The lowest BCUT2D eigenvalue weighted by atomic mass is 10.3. The molecule has 0 aromatic heterocycles. The van der Waals surface area contributed by atoms with E-state index in [1.165, 1.54) is 0 Å². The third-order valence-corrected chi connectivity index (χ3v) is 2.54. The summed E-state index contributed by atoms with van der Waals surface area (Å²) >= 11 is 11.8.